The van der Waals surface area contributed by atoms with E-state index in [4.69, 9.17) is 9.72 Å². The molecule has 1 atom stereocenters. The molecule has 2 aliphatic rings. The van der Waals surface area contributed by atoms with Gasteiger partial charge in [-0.15, -0.1) is 11.3 Å². The van der Waals surface area contributed by atoms with E-state index in [-0.39, 0.29) is 6.10 Å². The van der Waals surface area contributed by atoms with Crippen molar-refractivity contribution in [2.45, 2.75) is 44.8 Å². The summed E-state index contributed by atoms with van der Waals surface area (Å²) in [4.78, 5) is 6.36. The van der Waals surface area contributed by atoms with Gasteiger partial charge in [0, 0.05) is 28.8 Å². The lowest BCUT2D eigenvalue weighted by Gasteiger charge is -2.19. The molecule has 0 radical (unpaired) electrons. The SMILES string of the molecule is CCCNCc1sc(C2CSCCO2)nc1C1CC1. The first kappa shape index (κ1) is 13.9. The molecule has 0 bridgehead atoms. The summed E-state index contributed by atoms with van der Waals surface area (Å²) in [5.41, 5.74) is 1.36. The van der Waals surface area contributed by atoms with Crippen LogP contribution in [0.25, 0.3) is 0 Å². The minimum Gasteiger partial charge on any atom is -0.369 e. The third-order valence-electron chi connectivity index (χ3n) is 3.51. The molecule has 1 saturated heterocycles. The van der Waals surface area contributed by atoms with Crippen molar-refractivity contribution >= 4 is 23.1 Å². The summed E-state index contributed by atoms with van der Waals surface area (Å²) in [5.74, 6) is 2.93. The Morgan fingerprint density at radius 1 is 1.42 bits per heavy atom. The van der Waals surface area contributed by atoms with E-state index in [1.165, 1.54) is 34.8 Å². The lowest BCUT2D eigenvalue weighted by molar-refractivity contribution is 0.0754. The minimum absolute atomic E-state index is 0.237. The summed E-state index contributed by atoms with van der Waals surface area (Å²) in [6, 6.07) is 0. The monoisotopic (exact) mass is 298 g/mol. The molecule has 0 amide bonds. The van der Waals surface area contributed by atoms with Gasteiger partial charge in [-0.3, -0.25) is 0 Å². The average molecular weight is 298 g/mol. The van der Waals surface area contributed by atoms with Crippen LogP contribution in [0.1, 0.15) is 53.8 Å². The van der Waals surface area contributed by atoms with Gasteiger partial charge in [0.05, 0.1) is 12.3 Å². The fourth-order valence-electron chi connectivity index (χ4n) is 2.33. The molecule has 1 aliphatic heterocycles. The molecule has 1 saturated carbocycles. The molecule has 5 heteroatoms. The van der Waals surface area contributed by atoms with Gasteiger partial charge >= 0.3 is 0 Å². The zero-order valence-electron chi connectivity index (χ0n) is 11.5. The molecule has 19 heavy (non-hydrogen) atoms. The highest BCUT2D eigenvalue weighted by Gasteiger charge is 2.31. The van der Waals surface area contributed by atoms with Gasteiger partial charge in [0.2, 0.25) is 0 Å². The highest BCUT2D eigenvalue weighted by molar-refractivity contribution is 7.99. The summed E-state index contributed by atoms with van der Waals surface area (Å²) >= 11 is 3.86. The summed E-state index contributed by atoms with van der Waals surface area (Å²) < 4.78 is 5.86. The lowest BCUT2D eigenvalue weighted by atomic mass is 10.2. The summed E-state index contributed by atoms with van der Waals surface area (Å²) in [5, 5.41) is 4.73. The molecule has 2 heterocycles. The molecule has 3 nitrogen and oxygen atoms in total. The van der Waals surface area contributed by atoms with Crippen molar-refractivity contribution < 1.29 is 4.74 Å². The molecule has 3 rings (SSSR count). The van der Waals surface area contributed by atoms with Crippen molar-refractivity contribution in [2.75, 3.05) is 24.7 Å². The van der Waals surface area contributed by atoms with Gasteiger partial charge in [-0.25, -0.2) is 4.98 Å². The van der Waals surface area contributed by atoms with Gasteiger partial charge in [-0.05, 0) is 25.8 Å². The molecule has 2 fully saturated rings. The number of rotatable bonds is 6. The highest BCUT2D eigenvalue weighted by atomic mass is 32.2. The molecule has 1 unspecified atom stereocenters. The van der Waals surface area contributed by atoms with Gasteiger partial charge in [-0.2, -0.15) is 11.8 Å². The first-order valence-electron chi connectivity index (χ1n) is 7.28. The fourth-order valence-corrected chi connectivity index (χ4v) is 4.46. The maximum absolute atomic E-state index is 5.86. The Labute approximate surface area is 123 Å². The zero-order valence-corrected chi connectivity index (χ0v) is 13.1. The van der Waals surface area contributed by atoms with Crippen LogP contribution in [0.5, 0.6) is 0 Å². The van der Waals surface area contributed by atoms with Crippen molar-refractivity contribution in [1.82, 2.24) is 10.3 Å². The molecule has 1 aliphatic carbocycles. The van der Waals surface area contributed by atoms with E-state index in [1.807, 2.05) is 23.1 Å². The second-order valence-electron chi connectivity index (χ2n) is 5.25. The number of aromatic nitrogens is 1. The van der Waals surface area contributed by atoms with Gasteiger partial charge in [-0.1, -0.05) is 6.92 Å². The maximum Gasteiger partial charge on any atom is 0.123 e. The first-order valence-corrected chi connectivity index (χ1v) is 9.25. The van der Waals surface area contributed by atoms with E-state index in [1.54, 1.807) is 0 Å². The number of thiazole rings is 1. The minimum atomic E-state index is 0.237. The van der Waals surface area contributed by atoms with Crippen molar-refractivity contribution in [3.05, 3.63) is 15.6 Å². The summed E-state index contributed by atoms with van der Waals surface area (Å²) in [6.07, 6.45) is 4.07. The normalized spacial score (nSPS) is 23.7. The number of thioether (sulfide) groups is 1. The number of nitrogens with one attached hydrogen (secondary N) is 1. The summed E-state index contributed by atoms with van der Waals surface area (Å²) in [6.45, 7) is 5.15. The Morgan fingerprint density at radius 2 is 2.32 bits per heavy atom. The average Bonchev–Trinajstić information content (AvgIpc) is 3.21. The van der Waals surface area contributed by atoms with Crippen LogP contribution in [0.15, 0.2) is 0 Å². The summed E-state index contributed by atoms with van der Waals surface area (Å²) in [7, 11) is 0. The predicted octanol–water partition coefficient (Wildman–Crippen LogP) is 3.32. The number of hydrogen-bond acceptors (Lipinski definition) is 5. The Bertz CT molecular complexity index is 412. The van der Waals surface area contributed by atoms with E-state index in [9.17, 15) is 0 Å². The van der Waals surface area contributed by atoms with Crippen molar-refractivity contribution in [3.63, 3.8) is 0 Å². The van der Waals surface area contributed by atoms with Crippen LogP contribution in [0.2, 0.25) is 0 Å². The number of hydrogen-bond donors (Lipinski definition) is 1. The van der Waals surface area contributed by atoms with Gasteiger partial charge in [0.15, 0.2) is 0 Å². The van der Waals surface area contributed by atoms with Gasteiger partial charge < -0.3 is 10.1 Å². The topological polar surface area (TPSA) is 34.1 Å². The fraction of sp³-hybridized carbons (Fsp3) is 0.786. The predicted molar refractivity (Wildman–Crippen MR) is 82.1 cm³/mol. The molecule has 1 aromatic rings. The van der Waals surface area contributed by atoms with E-state index in [0.29, 0.717) is 0 Å². The van der Waals surface area contributed by atoms with Crippen LogP contribution in [-0.2, 0) is 11.3 Å². The van der Waals surface area contributed by atoms with Crippen molar-refractivity contribution in [3.8, 4) is 0 Å². The number of ether oxygens (including phenoxy) is 1. The maximum atomic E-state index is 5.86. The van der Waals surface area contributed by atoms with E-state index in [0.717, 1.165) is 37.1 Å². The third-order valence-corrected chi connectivity index (χ3v) is 5.67. The number of nitrogens with zero attached hydrogens (tertiary/aromatic N) is 1. The van der Waals surface area contributed by atoms with Crippen LogP contribution < -0.4 is 5.32 Å². The Balaban J connectivity index is 1.71. The lowest BCUT2D eigenvalue weighted by Crippen LogP contribution is -2.15. The zero-order chi connectivity index (χ0) is 13.1. The van der Waals surface area contributed by atoms with Crippen molar-refractivity contribution in [2.24, 2.45) is 0 Å². The Hall–Kier alpha value is -0.100. The smallest absolute Gasteiger partial charge is 0.123 e. The third kappa shape index (κ3) is 3.51. The quantitative estimate of drug-likeness (QED) is 0.817. The van der Waals surface area contributed by atoms with Crippen LogP contribution in [0.3, 0.4) is 0 Å². The molecule has 0 spiro atoms. The highest BCUT2D eigenvalue weighted by Crippen LogP contribution is 2.44. The van der Waals surface area contributed by atoms with Crippen LogP contribution in [-0.4, -0.2) is 29.6 Å². The molecule has 0 aromatic carbocycles. The van der Waals surface area contributed by atoms with Crippen LogP contribution in [0, 0.1) is 0 Å². The standard InChI is InChI=1S/C14H22N2OS2/c1-2-5-15-8-12-13(10-3-4-10)16-14(19-12)11-9-18-7-6-17-11/h10-11,15H,2-9H2,1H3. The van der Waals surface area contributed by atoms with E-state index >= 15 is 0 Å². The van der Waals surface area contributed by atoms with Crippen LogP contribution >= 0.6 is 23.1 Å². The van der Waals surface area contributed by atoms with Crippen LogP contribution in [0.4, 0.5) is 0 Å². The second-order valence-corrected chi connectivity index (χ2v) is 7.51. The van der Waals surface area contributed by atoms with Gasteiger partial charge in [0.1, 0.15) is 11.1 Å². The molecule has 106 valence electrons. The molecule has 1 N–H and O–H groups in total. The second kappa shape index (κ2) is 6.57. The molecular weight excluding hydrogens is 276 g/mol. The van der Waals surface area contributed by atoms with Crippen molar-refractivity contribution in [1.29, 1.82) is 0 Å². The van der Waals surface area contributed by atoms with Gasteiger partial charge in [0.25, 0.3) is 0 Å². The largest absolute Gasteiger partial charge is 0.369 e. The Morgan fingerprint density at radius 3 is 3.00 bits per heavy atom. The molecular formula is C14H22N2OS2. The van der Waals surface area contributed by atoms with E-state index < -0.39 is 0 Å². The molecule has 1 aromatic heterocycles. The van der Waals surface area contributed by atoms with E-state index in [2.05, 4.69) is 12.2 Å². The Kier molecular flexibility index (Phi) is 4.79. The first-order chi connectivity index (χ1) is 9.38.